The van der Waals surface area contributed by atoms with E-state index in [2.05, 4.69) is 22.6 Å². The molecule has 2 aromatic rings. The molecule has 2 aliphatic heterocycles. The van der Waals surface area contributed by atoms with Gasteiger partial charge in [-0.05, 0) is 30.1 Å². The third-order valence-electron chi connectivity index (χ3n) is 4.93. The number of nitrogens with one attached hydrogen (secondary N) is 1. The van der Waals surface area contributed by atoms with Gasteiger partial charge in [0.25, 0.3) is 4.84 Å². The Morgan fingerprint density at radius 1 is 1.46 bits per heavy atom. The Hall–Kier alpha value is -1.03. The maximum atomic E-state index is 11.7. The zero-order valence-corrected chi connectivity index (χ0v) is 15.6. The lowest BCUT2D eigenvalue weighted by Gasteiger charge is -2.19. The minimum atomic E-state index is -2.96. The molecule has 24 heavy (non-hydrogen) atoms. The van der Waals surface area contributed by atoms with Gasteiger partial charge in [0.15, 0.2) is 16.5 Å². The van der Waals surface area contributed by atoms with Crippen LogP contribution in [0.4, 0.5) is 0 Å². The third-order valence-corrected chi connectivity index (χ3v) is 7.97. The van der Waals surface area contributed by atoms with Crippen LogP contribution in [0.25, 0.3) is 0 Å². The van der Waals surface area contributed by atoms with Crippen LogP contribution in [-0.4, -0.2) is 36.2 Å². The molecule has 2 fully saturated rings. The van der Waals surface area contributed by atoms with Crippen LogP contribution in [0.1, 0.15) is 42.0 Å². The second-order valence-electron chi connectivity index (χ2n) is 6.58. The molecular formula is C15H20N3O3S3+. The van der Waals surface area contributed by atoms with Crippen molar-refractivity contribution in [3.63, 3.8) is 0 Å². The topological polar surface area (TPSA) is 69.5 Å². The maximum absolute atomic E-state index is 11.7. The van der Waals surface area contributed by atoms with Crippen molar-refractivity contribution < 1.29 is 17.7 Å². The Balaban J connectivity index is 1.52. The second kappa shape index (κ2) is 6.36. The first-order chi connectivity index (χ1) is 11.5. The molecule has 0 radical (unpaired) electrons. The first-order valence-electron chi connectivity index (χ1n) is 8.18. The van der Waals surface area contributed by atoms with Gasteiger partial charge in [-0.2, -0.15) is 4.68 Å². The lowest BCUT2D eigenvalue weighted by atomic mass is 10.1. The molecular weight excluding hydrogens is 366 g/mol. The van der Waals surface area contributed by atoms with E-state index in [-0.39, 0.29) is 17.4 Å². The molecule has 2 aliphatic rings. The zero-order valence-electron chi connectivity index (χ0n) is 13.2. The highest BCUT2D eigenvalue weighted by Gasteiger charge is 2.34. The van der Waals surface area contributed by atoms with Crippen molar-refractivity contribution in [3.8, 4) is 0 Å². The van der Waals surface area contributed by atoms with E-state index in [9.17, 15) is 8.42 Å². The summed E-state index contributed by atoms with van der Waals surface area (Å²) in [7, 11) is -2.96. The molecule has 0 spiro atoms. The largest absolute Gasteiger partial charge is 0.413 e. The molecule has 4 rings (SSSR count). The fourth-order valence-electron chi connectivity index (χ4n) is 3.70. The molecule has 0 saturated carbocycles. The number of nitrogens with zero attached hydrogens (tertiary/aromatic N) is 2. The molecule has 0 aromatic carbocycles. The van der Waals surface area contributed by atoms with E-state index in [1.165, 1.54) is 22.6 Å². The number of hydrogen-bond acceptors (Lipinski definition) is 6. The molecule has 3 atom stereocenters. The quantitative estimate of drug-likeness (QED) is 0.808. The Bertz CT molecular complexity index is 869. The molecule has 1 unspecified atom stereocenters. The Morgan fingerprint density at radius 3 is 3.04 bits per heavy atom. The first-order valence-corrected chi connectivity index (χ1v) is 11.3. The van der Waals surface area contributed by atoms with Crippen molar-refractivity contribution >= 4 is 33.4 Å². The molecule has 0 amide bonds. The third kappa shape index (κ3) is 3.22. The Morgan fingerprint density at radius 2 is 2.33 bits per heavy atom. The van der Waals surface area contributed by atoms with Crippen molar-refractivity contribution in [1.29, 1.82) is 0 Å². The van der Waals surface area contributed by atoms with Gasteiger partial charge in [-0.1, -0.05) is 6.07 Å². The minimum Gasteiger partial charge on any atom is -0.413 e. The van der Waals surface area contributed by atoms with Crippen molar-refractivity contribution in [3.05, 3.63) is 33.1 Å². The number of thiophene rings is 1. The van der Waals surface area contributed by atoms with Gasteiger partial charge in [0, 0.05) is 12.8 Å². The van der Waals surface area contributed by atoms with E-state index in [0.29, 0.717) is 29.9 Å². The number of sulfone groups is 1. The van der Waals surface area contributed by atoms with Gasteiger partial charge in [-0.3, -0.25) is 0 Å². The molecule has 0 bridgehead atoms. The van der Waals surface area contributed by atoms with Crippen molar-refractivity contribution in [2.45, 2.75) is 37.9 Å². The van der Waals surface area contributed by atoms with Crippen LogP contribution < -0.4 is 4.90 Å². The van der Waals surface area contributed by atoms with Crippen LogP contribution in [0.2, 0.25) is 0 Å². The van der Waals surface area contributed by atoms with Crippen molar-refractivity contribution in [2.75, 3.05) is 18.1 Å². The summed E-state index contributed by atoms with van der Waals surface area (Å²) in [6.45, 7) is 1.76. The molecule has 9 heteroatoms. The first kappa shape index (κ1) is 16.4. The van der Waals surface area contributed by atoms with Crippen LogP contribution in [0.5, 0.6) is 0 Å². The van der Waals surface area contributed by atoms with Gasteiger partial charge in [-0.15, -0.1) is 16.4 Å². The van der Waals surface area contributed by atoms with Crippen LogP contribution in [0.15, 0.2) is 21.9 Å². The summed E-state index contributed by atoms with van der Waals surface area (Å²) in [5.41, 5.74) is 0. The number of likely N-dealkylation sites (tertiary alicyclic amines) is 1. The molecule has 1 N–H and O–H groups in total. The molecule has 0 aliphatic carbocycles. The smallest absolute Gasteiger partial charge is 0.291 e. The average molecular weight is 387 g/mol. The molecule has 130 valence electrons. The highest BCUT2D eigenvalue weighted by Crippen LogP contribution is 2.28. The fraction of sp³-hybridized carbons (Fsp3) is 0.600. The highest BCUT2D eigenvalue weighted by atomic mass is 32.2. The summed E-state index contributed by atoms with van der Waals surface area (Å²) in [5.74, 6) is 0.661. The van der Waals surface area contributed by atoms with Crippen LogP contribution in [0.3, 0.4) is 0 Å². The average Bonchev–Trinajstić information content (AvgIpc) is 3.27. The molecule has 6 nitrogen and oxygen atoms in total. The summed E-state index contributed by atoms with van der Waals surface area (Å²) in [4.78, 5) is 3.19. The summed E-state index contributed by atoms with van der Waals surface area (Å²) in [6.07, 6.45) is 2.94. The van der Waals surface area contributed by atoms with Gasteiger partial charge in [0.2, 0.25) is 5.89 Å². The normalized spacial score (nSPS) is 29.2. The fourth-order valence-corrected chi connectivity index (χ4v) is 6.55. The lowest BCUT2D eigenvalue weighted by Crippen LogP contribution is -3.09. The number of quaternary nitrogens is 1. The van der Waals surface area contributed by atoms with Crippen molar-refractivity contribution in [2.24, 2.45) is 0 Å². The van der Waals surface area contributed by atoms with Gasteiger partial charge in [0.05, 0.1) is 28.8 Å². The summed E-state index contributed by atoms with van der Waals surface area (Å²) in [6, 6.07) is 4.77. The molecule has 2 saturated heterocycles. The van der Waals surface area contributed by atoms with Gasteiger partial charge in [-0.25, -0.2) is 8.42 Å². The second-order valence-corrected chi connectivity index (χ2v) is 10.1. The van der Waals surface area contributed by atoms with E-state index in [4.69, 9.17) is 16.6 Å². The lowest BCUT2D eigenvalue weighted by molar-refractivity contribution is -0.941. The van der Waals surface area contributed by atoms with Gasteiger partial charge < -0.3 is 9.32 Å². The van der Waals surface area contributed by atoms with Crippen LogP contribution >= 0.6 is 23.6 Å². The zero-order chi connectivity index (χ0) is 16.7. The summed E-state index contributed by atoms with van der Waals surface area (Å²) >= 11 is 7.11. The summed E-state index contributed by atoms with van der Waals surface area (Å²) < 4.78 is 30.7. The van der Waals surface area contributed by atoms with Gasteiger partial charge >= 0.3 is 0 Å². The Kier molecular flexibility index (Phi) is 4.36. The molecule has 2 aromatic heterocycles. The van der Waals surface area contributed by atoms with E-state index >= 15 is 0 Å². The maximum Gasteiger partial charge on any atom is 0.291 e. The van der Waals surface area contributed by atoms with Crippen molar-refractivity contribution in [1.82, 2.24) is 9.78 Å². The van der Waals surface area contributed by atoms with E-state index in [1.54, 1.807) is 16.0 Å². The minimum absolute atomic E-state index is 0.122. The summed E-state index contributed by atoms with van der Waals surface area (Å²) in [5, 5.41) is 6.62. The monoisotopic (exact) mass is 386 g/mol. The SMILES string of the molecule is O=S1(=O)CC[C@@H](c2nn(C[NH+]3CCC[C@@H]3c3cccs3)c(=S)o2)C1. The number of rotatable bonds is 4. The van der Waals surface area contributed by atoms with Crippen LogP contribution in [0, 0.1) is 4.84 Å². The molecule has 4 heterocycles. The highest BCUT2D eigenvalue weighted by molar-refractivity contribution is 7.91. The van der Waals surface area contributed by atoms with E-state index in [1.807, 2.05) is 0 Å². The Labute approximate surface area is 150 Å². The van der Waals surface area contributed by atoms with E-state index in [0.717, 1.165) is 6.54 Å². The standard InChI is InChI=1S/C15H19N3O3S3/c19-24(20)8-5-11(9-24)14-16-18(15(22)21-14)10-17-6-1-3-12(17)13-4-2-7-23-13/h2,4,7,11-12H,1,3,5-6,8-10H2/p+1/t11-,12-/m1/s1. The van der Waals surface area contributed by atoms with E-state index < -0.39 is 9.84 Å². The predicted octanol–water partition coefficient (Wildman–Crippen LogP) is 1.55. The van der Waals surface area contributed by atoms with Gasteiger partial charge in [0.1, 0.15) is 6.04 Å². The number of aromatic nitrogens is 2. The van der Waals surface area contributed by atoms with Crippen LogP contribution in [-0.2, 0) is 16.5 Å². The predicted molar refractivity (Wildman–Crippen MR) is 93.5 cm³/mol. The number of hydrogen-bond donors (Lipinski definition) is 1.